The Labute approximate surface area is 110 Å². The monoisotopic (exact) mass is 248 g/mol. The lowest BCUT2D eigenvalue weighted by molar-refractivity contribution is -0.0650. The molecule has 3 heteroatoms. The highest BCUT2D eigenvalue weighted by atomic mass is 16.5. The van der Waals surface area contributed by atoms with E-state index in [0.717, 1.165) is 44.6 Å². The van der Waals surface area contributed by atoms with Gasteiger partial charge in [0.2, 0.25) is 0 Å². The predicted octanol–water partition coefficient (Wildman–Crippen LogP) is 2.78. The van der Waals surface area contributed by atoms with Crippen LogP contribution in [-0.2, 0) is 4.74 Å². The lowest BCUT2D eigenvalue weighted by atomic mass is 10.0. The molecule has 1 heterocycles. The van der Waals surface area contributed by atoms with Crippen molar-refractivity contribution in [2.75, 3.05) is 19.6 Å². The van der Waals surface area contributed by atoms with Crippen LogP contribution in [0.2, 0.25) is 0 Å². The van der Waals surface area contributed by atoms with Crippen LogP contribution in [0.25, 0.3) is 0 Å². The van der Waals surface area contributed by atoms with E-state index in [9.17, 15) is 0 Å². The molecule has 2 aliphatic rings. The summed E-state index contributed by atoms with van der Waals surface area (Å²) in [6.07, 6.45) is 10.1. The average Bonchev–Trinajstić information content (AvgIpc) is 2.28. The third kappa shape index (κ3) is 3.79. The lowest BCUT2D eigenvalue weighted by Crippen LogP contribution is -2.46. The average molecular weight is 248 g/mol. The fourth-order valence-corrected chi connectivity index (χ4v) is 2.74. The second-order valence-corrected chi connectivity index (χ2v) is 5.44. The van der Waals surface area contributed by atoms with Gasteiger partial charge in [0, 0.05) is 25.3 Å². The first-order valence-electron chi connectivity index (χ1n) is 6.96. The Bertz CT molecular complexity index is 350. The van der Waals surface area contributed by atoms with Crippen LogP contribution in [-0.4, -0.2) is 42.5 Å². The molecule has 0 saturated carbocycles. The summed E-state index contributed by atoms with van der Waals surface area (Å²) in [5.74, 6) is 0. The Morgan fingerprint density at radius 3 is 2.78 bits per heavy atom. The molecular weight excluding hydrogens is 224 g/mol. The highest BCUT2D eigenvalue weighted by Gasteiger charge is 2.23. The molecule has 100 valence electrons. The number of nitrogens with zero attached hydrogens (tertiary/aromatic N) is 1. The van der Waals surface area contributed by atoms with Crippen LogP contribution in [0.5, 0.6) is 0 Å². The number of allylic oxidation sites excluding steroid dienone is 3. The van der Waals surface area contributed by atoms with Crippen LogP contribution in [0.15, 0.2) is 23.8 Å². The highest BCUT2D eigenvalue weighted by Crippen LogP contribution is 2.16. The topological polar surface area (TPSA) is 36.3 Å². The van der Waals surface area contributed by atoms with Crippen LogP contribution in [0.4, 0.5) is 0 Å². The molecule has 3 nitrogen and oxygen atoms in total. The smallest absolute Gasteiger partial charge is 0.0678 e. The van der Waals surface area contributed by atoms with Crippen molar-refractivity contribution in [1.29, 1.82) is 5.41 Å². The van der Waals surface area contributed by atoms with E-state index in [0.29, 0.717) is 12.2 Å². The zero-order valence-electron chi connectivity index (χ0n) is 11.5. The Morgan fingerprint density at radius 2 is 2.06 bits per heavy atom. The van der Waals surface area contributed by atoms with Crippen molar-refractivity contribution in [2.24, 2.45) is 0 Å². The molecule has 1 aliphatic heterocycles. The number of rotatable bonds is 2. The quantitative estimate of drug-likeness (QED) is 0.815. The summed E-state index contributed by atoms with van der Waals surface area (Å²) < 4.78 is 5.75. The maximum Gasteiger partial charge on any atom is 0.0678 e. The number of hydrogen-bond acceptors (Lipinski definition) is 3. The molecule has 1 saturated heterocycles. The Hall–Kier alpha value is -0.930. The minimum absolute atomic E-state index is 0.299. The van der Waals surface area contributed by atoms with E-state index in [2.05, 4.69) is 37.0 Å². The van der Waals surface area contributed by atoms with Gasteiger partial charge in [-0.05, 0) is 38.7 Å². The van der Waals surface area contributed by atoms with Crippen LogP contribution in [0.1, 0.15) is 33.1 Å². The number of hydrogen-bond donors (Lipinski definition) is 1. The second kappa shape index (κ2) is 6.30. The van der Waals surface area contributed by atoms with Crippen LogP contribution < -0.4 is 0 Å². The first kappa shape index (κ1) is 13.5. The van der Waals surface area contributed by atoms with Gasteiger partial charge in [0.15, 0.2) is 0 Å². The van der Waals surface area contributed by atoms with Gasteiger partial charge in [0.25, 0.3) is 0 Å². The van der Waals surface area contributed by atoms with Gasteiger partial charge in [-0.2, -0.15) is 0 Å². The minimum atomic E-state index is 0.299. The van der Waals surface area contributed by atoms with Gasteiger partial charge < -0.3 is 10.1 Å². The van der Waals surface area contributed by atoms with Gasteiger partial charge in [-0.3, -0.25) is 4.90 Å². The largest absolute Gasteiger partial charge is 0.373 e. The number of nitrogens with one attached hydrogen (secondary N) is 1. The first-order chi connectivity index (χ1) is 8.65. The molecular formula is C15H24N2O. The molecule has 0 amide bonds. The predicted molar refractivity (Wildman–Crippen MR) is 75.2 cm³/mol. The molecule has 2 unspecified atom stereocenters. The Balaban J connectivity index is 2.00. The summed E-state index contributed by atoms with van der Waals surface area (Å²) in [5, 5.41) is 8.14. The van der Waals surface area contributed by atoms with Crippen molar-refractivity contribution in [3.63, 3.8) is 0 Å². The molecule has 1 aliphatic carbocycles. The molecule has 0 radical (unpaired) electrons. The van der Waals surface area contributed by atoms with Crippen LogP contribution in [0.3, 0.4) is 0 Å². The SMILES string of the molecule is CC1CN(C/C2=C/C=CCCCC2=N)CC(C)O1. The van der Waals surface area contributed by atoms with E-state index in [4.69, 9.17) is 10.1 Å². The second-order valence-electron chi connectivity index (χ2n) is 5.44. The first-order valence-corrected chi connectivity index (χ1v) is 6.96. The van der Waals surface area contributed by atoms with Gasteiger partial charge in [-0.25, -0.2) is 0 Å². The standard InChI is InChI=1S/C15H24N2O/c1-12-9-17(10-13(2)18-12)11-14-7-5-3-4-6-8-15(14)16/h3,5,7,12-13,16H,4,6,8-11H2,1-2H3/b5-3?,14-7-,16-15?. The summed E-state index contributed by atoms with van der Waals surface area (Å²) in [5.41, 5.74) is 1.98. The van der Waals surface area contributed by atoms with E-state index >= 15 is 0 Å². The number of morpholine rings is 1. The van der Waals surface area contributed by atoms with E-state index in [1.54, 1.807) is 0 Å². The van der Waals surface area contributed by atoms with Gasteiger partial charge in [0.05, 0.1) is 12.2 Å². The minimum Gasteiger partial charge on any atom is -0.373 e. The lowest BCUT2D eigenvalue weighted by Gasteiger charge is -2.35. The van der Waals surface area contributed by atoms with E-state index in [1.165, 1.54) is 5.57 Å². The number of ether oxygens (including phenoxy) is 1. The molecule has 1 N–H and O–H groups in total. The normalized spacial score (nSPS) is 33.7. The van der Waals surface area contributed by atoms with Crippen LogP contribution in [0, 0.1) is 5.41 Å². The summed E-state index contributed by atoms with van der Waals surface area (Å²) >= 11 is 0. The zero-order chi connectivity index (χ0) is 13.0. The van der Waals surface area contributed by atoms with Gasteiger partial charge in [0.1, 0.15) is 0 Å². The zero-order valence-corrected chi connectivity index (χ0v) is 11.5. The highest BCUT2D eigenvalue weighted by molar-refractivity contribution is 5.98. The van der Waals surface area contributed by atoms with Crippen molar-refractivity contribution < 1.29 is 4.74 Å². The maximum absolute atomic E-state index is 8.14. The van der Waals surface area contributed by atoms with Crippen molar-refractivity contribution >= 4 is 5.71 Å². The molecule has 0 spiro atoms. The fraction of sp³-hybridized carbons (Fsp3) is 0.667. The van der Waals surface area contributed by atoms with E-state index in [1.807, 2.05) is 0 Å². The molecule has 2 rings (SSSR count). The molecule has 18 heavy (non-hydrogen) atoms. The van der Waals surface area contributed by atoms with Crippen molar-refractivity contribution in [1.82, 2.24) is 4.90 Å². The summed E-state index contributed by atoms with van der Waals surface area (Å²) in [7, 11) is 0. The summed E-state index contributed by atoms with van der Waals surface area (Å²) in [4.78, 5) is 2.41. The molecule has 2 atom stereocenters. The van der Waals surface area contributed by atoms with Gasteiger partial charge in [-0.15, -0.1) is 0 Å². The third-order valence-electron chi connectivity index (χ3n) is 3.51. The van der Waals surface area contributed by atoms with Gasteiger partial charge in [-0.1, -0.05) is 18.2 Å². The summed E-state index contributed by atoms with van der Waals surface area (Å²) in [6, 6.07) is 0. The van der Waals surface area contributed by atoms with Crippen LogP contribution >= 0.6 is 0 Å². The molecule has 1 fully saturated rings. The Morgan fingerprint density at radius 1 is 1.33 bits per heavy atom. The van der Waals surface area contributed by atoms with Gasteiger partial charge >= 0.3 is 0 Å². The molecule has 0 aromatic heterocycles. The van der Waals surface area contributed by atoms with E-state index in [-0.39, 0.29) is 0 Å². The molecule has 0 aromatic carbocycles. The van der Waals surface area contributed by atoms with E-state index < -0.39 is 0 Å². The van der Waals surface area contributed by atoms with Crippen molar-refractivity contribution in [3.8, 4) is 0 Å². The third-order valence-corrected chi connectivity index (χ3v) is 3.51. The molecule has 0 bridgehead atoms. The van der Waals surface area contributed by atoms with Crippen molar-refractivity contribution in [2.45, 2.75) is 45.3 Å². The molecule has 0 aromatic rings. The maximum atomic E-state index is 8.14. The fourth-order valence-electron chi connectivity index (χ4n) is 2.74. The summed E-state index contributed by atoms with van der Waals surface area (Å²) in [6.45, 7) is 7.08. The van der Waals surface area contributed by atoms with Crippen molar-refractivity contribution in [3.05, 3.63) is 23.8 Å². The Kier molecular flexibility index (Phi) is 4.72.